The Morgan fingerprint density at radius 3 is 2.33 bits per heavy atom. The molecule has 194 valence electrons. The van der Waals surface area contributed by atoms with E-state index < -0.39 is 23.7 Å². The number of hydrogen-bond donors (Lipinski definition) is 1. The van der Waals surface area contributed by atoms with E-state index in [-0.39, 0.29) is 0 Å². The maximum Gasteiger partial charge on any atom is 0.408 e. The molecule has 0 saturated carbocycles. The molecule has 0 radical (unpaired) electrons. The Hall–Kier alpha value is -2.86. The number of esters is 1. The van der Waals surface area contributed by atoms with Crippen LogP contribution in [-0.4, -0.2) is 54.3 Å². The summed E-state index contributed by atoms with van der Waals surface area (Å²) in [5.41, 5.74) is 1.32. The number of ether oxygens (including phenoxy) is 2. The first kappa shape index (κ1) is 26.2. The van der Waals surface area contributed by atoms with E-state index in [0.29, 0.717) is 31.4 Å². The van der Waals surface area contributed by atoms with Crippen LogP contribution >= 0.6 is 0 Å². The Kier molecular flexibility index (Phi) is 9.03. The van der Waals surface area contributed by atoms with Gasteiger partial charge in [-0.3, -0.25) is 4.90 Å². The van der Waals surface area contributed by atoms with E-state index in [0.717, 1.165) is 37.1 Å². The van der Waals surface area contributed by atoms with E-state index in [1.165, 1.54) is 19.3 Å². The van der Waals surface area contributed by atoms with Gasteiger partial charge < -0.3 is 14.8 Å². The Labute approximate surface area is 215 Å². The topological polar surface area (TPSA) is 67.9 Å². The van der Waals surface area contributed by atoms with Crippen LogP contribution in [0.25, 0.3) is 0 Å². The van der Waals surface area contributed by atoms with Crippen LogP contribution in [0, 0.1) is 5.92 Å². The van der Waals surface area contributed by atoms with Crippen molar-refractivity contribution in [2.24, 2.45) is 5.92 Å². The van der Waals surface area contributed by atoms with Crippen LogP contribution in [0.1, 0.15) is 57.1 Å². The van der Waals surface area contributed by atoms with Crippen molar-refractivity contribution < 1.29 is 19.1 Å². The zero-order valence-electron chi connectivity index (χ0n) is 21.7. The highest BCUT2D eigenvalue weighted by Gasteiger charge is 2.35. The standard InChI is InChI=1S/C30H40N2O4/c1-30(2,21-24-14-7-4-8-15-24)36-29(34)31-26(20-23-12-5-3-6-13-23)28(33)35-22-25-16-11-19-32-18-10-9-17-27(25)32/h3-8,12-15,25-27H,9-11,16-22H2,1-2H3,(H,31,34)/t25-,26-,27+/m0/s1. The van der Waals surface area contributed by atoms with E-state index in [1.54, 1.807) is 0 Å². The Bertz CT molecular complexity index is 977. The lowest BCUT2D eigenvalue weighted by atomic mass is 9.84. The minimum atomic E-state index is -0.807. The number of nitrogens with one attached hydrogen (secondary N) is 1. The number of piperidine rings is 2. The lowest BCUT2D eigenvalue weighted by Crippen LogP contribution is -2.50. The minimum Gasteiger partial charge on any atom is -0.464 e. The van der Waals surface area contributed by atoms with Gasteiger partial charge in [-0.15, -0.1) is 0 Å². The summed E-state index contributed by atoms with van der Waals surface area (Å²) in [7, 11) is 0. The fourth-order valence-corrected chi connectivity index (χ4v) is 5.65. The quantitative estimate of drug-likeness (QED) is 0.490. The van der Waals surface area contributed by atoms with Gasteiger partial charge in [-0.25, -0.2) is 9.59 Å². The third kappa shape index (κ3) is 7.57. The molecule has 2 aromatic rings. The summed E-state index contributed by atoms with van der Waals surface area (Å²) < 4.78 is 11.6. The van der Waals surface area contributed by atoms with Crippen LogP contribution in [0.5, 0.6) is 0 Å². The number of benzene rings is 2. The van der Waals surface area contributed by atoms with Gasteiger partial charge >= 0.3 is 12.1 Å². The average Bonchev–Trinajstić information content (AvgIpc) is 2.87. The van der Waals surface area contributed by atoms with Crippen molar-refractivity contribution in [3.63, 3.8) is 0 Å². The molecule has 0 unspecified atom stereocenters. The number of nitrogens with zero attached hydrogens (tertiary/aromatic N) is 1. The first-order valence-corrected chi connectivity index (χ1v) is 13.4. The summed E-state index contributed by atoms with van der Waals surface area (Å²) in [4.78, 5) is 28.7. The fourth-order valence-electron chi connectivity index (χ4n) is 5.65. The van der Waals surface area contributed by atoms with Gasteiger partial charge in [0.2, 0.25) is 0 Å². The van der Waals surface area contributed by atoms with Gasteiger partial charge in [0.25, 0.3) is 0 Å². The molecule has 1 amide bonds. The van der Waals surface area contributed by atoms with E-state index >= 15 is 0 Å². The molecule has 0 bridgehead atoms. The molecule has 6 heteroatoms. The lowest BCUT2D eigenvalue weighted by Gasteiger charge is -2.44. The molecule has 0 aliphatic carbocycles. The monoisotopic (exact) mass is 492 g/mol. The van der Waals surface area contributed by atoms with Crippen molar-refractivity contribution in [3.8, 4) is 0 Å². The highest BCUT2D eigenvalue weighted by Crippen LogP contribution is 2.31. The van der Waals surface area contributed by atoms with Gasteiger partial charge in [0, 0.05) is 24.8 Å². The van der Waals surface area contributed by atoms with Gasteiger partial charge in [0.1, 0.15) is 11.6 Å². The highest BCUT2D eigenvalue weighted by atomic mass is 16.6. The summed E-state index contributed by atoms with van der Waals surface area (Å²) in [6.45, 7) is 6.46. The largest absolute Gasteiger partial charge is 0.464 e. The first-order chi connectivity index (χ1) is 17.4. The number of amides is 1. The molecule has 0 spiro atoms. The van der Waals surface area contributed by atoms with Gasteiger partial charge in [-0.1, -0.05) is 67.1 Å². The normalized spacial score (nSPS) is 21.2. The van der Waals surface area contributed by atoms with Gasteiger partial charge in [0.05, 0.1) is 6.61 Å². The van der Waals surface area contributed by atoms with Crippen molar-refractivity contribution in [1.29, 1.82) is 0 Å². The summed E-state index contributed by atoms with van der Waals surface area (Å²) >= 11 is 0. The van der Waals surface area contributed by atoms with Gasteiger partial charge in [-0.2, -0.15) is 0 Å². The van der Waals surface area contributed by atoms with Crippen LogP contribution in [0.3, 0.4) is 0 Å². The second-order valence-corrected chi connectivity index (χ2v) is 10.8. The Balaban J connectivity index is 1.37. The molecule has 6 nitrogen and oxygen atoms in total. The fraction of sp³-hybridized carbons (Fsp3) is 0.533. The molecule has 36 heavy (non-hydrogen) atoms. The Morgan fingerprint density at radius 2 is 1.61 bits per heavy atom. The number of fused-ring (bicyclic) bond motifs is 1. The third-order valence-electron chi connectivity index (χ3n) is 7.37. The van der Waals surface area contributed by atoms with Gasteiger partial charge in [-0.05, 0) is 63.7 Å². The predicted molar refractivity (Wildman–Crippen MR) is 141 cm³/mol. The highest BCUT2D eigenvalue weighted by molar-refractivity contribution is 5.81. The zero-order chi connectivity index (χ0) is 25.4. The van der Waals surface area contributed by atoms with E-state index in [4.69, 9.17) is 9.47 Å². The minimum absolute atomic E-state index is 0.355. The van der Waals surface area contributed by atoms with Crippen molar-refractivity contribution in [3.05, 3.63) is 71.8 Å². The first-order valence-electron chi connectivity index (χ1n) is 13.4. The van der Waals surface area contributed by atoms with Crippen LogP contribution in [0.4, 0.5) is 4.79 Å². The average molecular weight is 493 g/mol. The maximum atomic E-state index is 13.2. The predicted octanol–water partition coefficient (Wildman–Crippen LogP) is 5.15. The zero-order valence-corrected chi connectivity index (χ0v) is 21.7. The molecule has 4 rings (SSSR count). The number of alkyl carbamates (subject to hydrolysis) is 1. The molecule has 2 fully saturated rings. The molecular formula is C30H40N2O4. The van der Waals surface area contributed by atoms with Crippen molar-refractivity contribution in [2.45, 2.75) is 76.5 Å². The van der Waals surface area contributed by atoms with E-state index in [1.807, 2.05) is 74.5 Å². The second kappa shape index (κ2) is 12.4. The number of carbonyl (C=O) groups is 2. The number of rotatable bonds is 9. The van der Waals surface area contributed by atoms with Crippen molar-refractivity contribution in [1.82, 2.24) is 10.2 Å². The molecule has 1 N–H and O–H groups in total. The third-order valence-corrected chi connectivity index (χ3v) is 7.37. The van der Waals surface area contributed by atoms with E-state index in [9.17, 15) is 9.59 Å². The Morgan fingerprint density at radius 1 is 0.944 bits per heavy atom. The number of hydrogen-bond acceptors (Lipinski definition) is 5. The summed E-state index contributed by atoms with van der Waals surface area (Å²) in [6, 6.07) is 19.3. The molecule has 2 aromatic carbocycles. The summed E-state index contributed by atoms with van der Waals surface area (Å²) in [5.74, 6) is -0.0401. The lowest BCUT2D eigenvalue weighted by molar-refractivity contribution is -0.149. The molecule has 2 aliphatic heterocycles. The van der Waals surface area contributed by atoms with Gasteiger partial charge in [0.15, 0.2) is 0 Å². The summed E-state index contributed by atoms with van der Waals surface area (Å²) in [5, 5.41) is 2.81. The molecule has 2 saturated heterocycles. The molecule has 2 heterocycles. The molecular weight excluding hydrogens is 452 g/mol. The smallest absolute Gasteiger partial charge is 0.408 e. The van der Waals surface area contributed by atoms with Crippen LogP contribution in [0.15, 0.2) is 60.7 Å². The maximum absolute atomic E-state index is 13.2. The van der Waals surface area contributed by atoms with Crippen LogP contribution < -0.4 is 5.32 Å². The van der Waals surface area contributed by atoms with Crippen LogP contribution in [0.2, 0.25) is 0 Å². The SMILES string of the molecule is CC(C)(Cc1ccccc1)OC(=O)N[C@@H](Cc1ccccc1)C(=O)OC[C@@H]1CCCN2CCCC[C@H]12. The molecule has 0 aromatic heterocycles. The van der Waals surface area contributed by atoms with Crippen molar-refractivity contribution in [2.75, 3.05) is 19.7 Å². The van der Waals surface area contributed by atoms with Crippen LogP contribution in [-0.2, 0) is 27.1 Å². The second-order valence-electron chi connectivity index (χ2n) is 10.8. The molecule has 3 atom stereocenters. The van der Waals surface area contributed by atoms with E-state index in [2.05, 4.69) is 10.2 Å². The van der Waals surface area contributed by atoms with Crippen molar-refractivity contribution >= 4 is 12.1 Å². The summed E-state index contributed by atoms with van der Waals surface area (Å²) in [6.07, 6.45) is 6.24. The molecule has 2 aliphatic rings. The number of carbonyl (C=O) groups excluding carboxylic acids is 2.